The predicted molar refractivity (Wildman–Crippen MR) is 100 cm³/mol. The van der Waals surface area contributed by atoms with Gasteiger partial charge in [0.15, 0.2) is 5.78 Å². The molecule has 5 heteroatoms. The first-order valence-corrected chi connectivity index (χ1v) is 9.00. The molecule has 128 valence electrons. The summed E-state index contributed by atoms with van der Waals surface area (Å²) in [5, 5.41) is 8.28. The first kappa shape index (κ1) is 17.4. The molecule has 0 saturated heterocycles. The zero-order valence-electron chi connectivity index (χ0n) is 14.7. The number of hydrogen-bond acceptors (Lipinski definition) is 5. The van der Waals surface area contributed by atoms with Gasteiger partial charge >= 0.3 is 0 Å². The minimum absolute atomic E-state index is 0.0518. The van der Waals surface area contributed by atoms with E-state index in [0.29, 0.717) is 16.7 Å². The molecule has 2 aromatic carbocycles. The Balaban J connectivity index is 1.73. The van der Waals surface area contributed by atoms with E-state index in [1.807, 2.05) is 63.2 Å². The minimum atomic E-state index is -0.296. The van der Waals surface area contributed by atoms with Crippen molar-refractivity contribution in [3.05, 3.63) is 64.7 Å². The van der Waals surface area contributed by atoms with Gasteiger partial charge in [-0.3, -0.25) is 4.79 Å². The average molecular weight is 352 g/mol. The van der Waals surface area contributed by atoms with Crippen molar-refractivity contribution < 1.29 is 9.21 Å². The maximum Gasteiger partial charge on any atom is 0.277 e. The van der Waals surface area contributed by atoms with Crippen LogP contribution < -0.4 is 0 Å². The van der Waals surface area contributed by atoms with Crippen molar-refractivity contribution in [3.63, 3.8) is 0 Å². The molecule has 0 spiro atoms. The Morgan fingerprint density at radius 3 is 2.40 bits per heavy atom. The third kappa shape index (κ3) is 3.99. The highest BCUT2D eigenvalue weighted by Crippen LogP contribution is 2.28. The lowest BCUT2D eigenvalue weighted by atomic mass is 10.1. The highest BCUT2D eigenvalue weighted by atomic mass is 32.2. The van der Waals surface area contributed by atoms with Gasteiger partial charge in [0.05, 0.1) is 5.25 Å². The second-order valence-corrected chi connectivity index (χ2v) is 7.45. The molecule has 1 atom stereocenters. The topological polar surface area (TPSA) is 56.0 Å². The van der Waals surface area contributed by atoms with Gasteiger partial charge in [-0.1, -0.05) is 47.7 Å². The van der Waals surface area contributed by atoms with Crippen molar-refractivity contribution in [1.29, 1.82) is 0 Å². The lowest BCUT2D eigenvalue weighted by Crippen LogP contribution is -2.13. The number of carbonyl (C=O) groups excluding carboxylic acids is 1. The number of rotatable bonds is 5. The molecule has 3 aromatic rings. The molecule has 0 aliphatic heterocycles. The lowest BCUT2D eigenvalue weighted by molar-refractivity contribution is 0.0993. The molecule has 0 aliphatic carbocycles. The molecule has 1 heterocycles. The average Bonchev–Trinajstić information content (AvgIpc) is 3.06. The molecule has 0 bridgehead atoms. The van der Waals surface area contributed by atoms with Gasteiger partial charge in [-0.05, 0) is 51.0 Å². The summed E-state index contributed by atoms with van der Waals surface area (Å²) in [5.74, 6) is 0.525. The largest absolute Gasteiger partial charge is 0.411 e. The molecule has 3 rings (SSSR count). The summed E-state index contributed by atoms with van der Waals surface area (Å²) in [6, 6.07) is 13.6. The molecule has 0 amide bonds. The van der Waals surface area contributed by atoms with E-state index < -0.39 is 0 Å². The number of hydrogen-bond donors (Lipinski definition) is 0. The number of nitrogens with zero attached hydrogens (tertiary/aromatic N) is 2. The van der Waals surface area contributed by atoms with E-state index in [9.17, 15) is 4.79 Å². The predicted octanol–water partition coefficient (Wildman–Crippen LogP) is 5.03. The third-order valence-electron chi connectivity index (χ3n) is 4.14. The molecule has 0 fully saturated rings. The van der Waals surface area contributed by atoms with Crippen LogP contribution in [-0.2, 0) is 0 Å². The van der Waals surface area contributed by atoms with Crippen molar-refractivity contribution in [2.45, 2.75) is 38.2 Å². The fraction of sp³-hybridized carbons (Fsp3) is 0.250. The number of thioether (sulfide) groups is 1. The van der Waals surface area contributed by atoms with Crippen LogP contribution in [0.1, 0.15) is 34.0 Å². The summed E-state index contributed by atoms with van der Waals surface area (Å²) in [5.41, 5.74) is 5.11. The summed E-state index contributed by atoms with van der Waals surface area (Å²) in [6.07, 6.45) is 0. The quantitative estimate of drug-likeness (QED) is 0.476. The van der Waals surface area contributed by atoms with E-state index in [2.05, 4.69) is 17.1 Å². The molecule has 0 radical (unpaired) electrons. The second kappa shape index (κ2) is 7.23. The SMILES string of the molecule is Cc1ccc(C(=O)[C@H](C)Sc2nnc(-c3ccc(C)c(C)c3)o2)cc1. The first-order chi connectivity index (χ1) is 11.9. The smallest absolute Gasteiger partial charge is 0.277 e. The molecular formula is C20H20N2O2S. The zero-order chi connectivity index (χ0) is 18.0. The van der Waals surface area contributed by atoms with Crippen LogP contribution in [0.5, 0.6) is 0 Å². The summed E-state index contributed by atoms with van der Waals surface area (Å²) in [7, 11) is 0. The monoisotopic (exact) mass is 352 g/mol. The van der Waals surface area contributed by atoms with Crippen molar-refractivity contribution in [1.82, 2.24) is 10.2 Å². The van der Waals surface area contributed by atoms with E-state index in [0.717, 1.165) is 11.1 Å². The Kier molecular flexibility index (Phi) is 5.04. The Morgan fingerprint density at radius 1 is 1.00 bits per heavy atom. The minimum Gasteiger partial charge on any atom is -0.411 e. The van der Waals surface area contributed by atoms with Gasteiger partial charge in [0, 0.05) is 11.1 Å². The summed E-state index contributed by atoms with van der Waals surface area (Å²) < 4.78 is 5.73. The van der Waals surface area contributed by atoms with E-state index in [1.54, 1.807) is 0 Å². The van der Waals surface area contributed by atoms with Gasteiger partial charge in [-0.15, -0.1) is 10.2 Å². The fourth-order valence-electron chi connectivity index (χ4n) is 2.41. The van der Waals surface area contributed by atoms with Crippen molar-refractivity contribution in [2.24, 2.45) is 0 Å². The van der Waals surface area contributed by atoms with E-state index in [4.69, 9.17) is 4.42 Å². The Labute approximate surface area is 151 Å². The van der Waals surface area contributed by atoms with Crippen molar-refractivity contribution in [2.75, 3.05) is 0 Å². The molecule has 1 aromatic heterocycles. The molecule has 0 unspecified atom stereocenters. The molecule has 4 nitrogen and oxygen atoms in total. The van der Waals surface area contributed by atoms with Gasteiger partial charge in [-0.2, -0.15) is 0 Å². The zero-order valence-corrected chi connectivity index (χ0v) is 15.6. The second-order valence-electron chi connectivity index (χ2n) is 6.16. The van der Waals surface area contributed by atoms with E-state index >= 15 is 0 Å². The Morgan fingerprint density at radius 2 is 1.72 bits per heavy atom. The van der Waals surface area contributed by atoms with Crippen molar-refractivity contribution in [3.8, 4) is 11.5 Å². The standard InChI is InChI=1S/C20H20N2O2S/c1-12-5-8-16(9-6-12)18(23)15(4)25-20-22-21-19(24-20)17-10-7-13(2)14(3)11-17/h5-11,15H,1-4H3/t15-/m0/s1. The van der Waals surface area contributed by atoms with Gasteiger partial charge < -0.3 is 4.42 Å². The van der Waals surface area contributed by atoms with Gasteiger partial charge in [-0.25, -0.2) is 0 Å². The lowest BCUT2D eigenvalue weighted by Gasteiger charge is -2.07. The summed E-state index contributed by atoms with van der Waals surface area (Å²) in [6.45, 7) is 7.96. The maximum absolute atomic E-state index is 12.5. The number of aromatic nitrogens is 2. The summed E-state index contributed by atoms with van der Waals surface area (Å²) in [4.78, 5) is 12.5. The normalized spacial score (nSPS) is 12.2. The number of aryl methyl sites for hydroxylation is 3. The van der Waals surface area contributed by atoms with Gasteiger partial charge in [0.1, 0.15) is 0 Å². The maximum atomic E-state index is 12.5. The number of ketones is 1. The molecule has 0 aliphatic rings. The molecule has 25 heavy (non-hydrogen) atoms. The fourth-order valence-corrected chi connectivity index (χ4v) is 3.17. The number of Topliss-reactive ketones (excluding diaryl/α,β-unsaturated/α-hetero) is 1. The van der Waals surface area contributed by atoms with Crippen LogP contribution in [0.15, 0.2) is 52.1 Å². The van der Waals surface area contributed by atoms with Crippen LogP contribution in [0.3, 0.4) is 0 Å². The number of carbonyl (C=O) groups is 1. The van der Waals surface area contributed by atoms with Gasteiger partial charge in [0.2, 0.25) is 5.89 Å². The number of benzene rings is 2. The van der Waals surface area contributed by atoms with Gasteiger partial charge in [0.25, 0.3) is 5.22 Å². The van der Waals surface area contributed by atoms with Crippen LogP contribution in [0, 0.1) is 20.8 Å². The van der Waals surface area contributed by atoms with Crippen LogP contribution in [0.4, 0.5) is 0 Å². The first-order valence-electron chi connectivity index (χ1n) is 8.12. The highest BCUT2D eigenvalue weighted by molar-refractivity contribution is 8.00. The molecule has 0 N–H and O–H groups in total. The highest BCUT2D eigenvalue weighted by Gasteiger charge is 2.20. The Bertz CT molecular complexity index is 900. The van der Waals surface area contributed by atoms with Crippen LogP contribution >= 0.6 is 11.8 Å². The summed E-state index contributed by atoms with van der Waals surface area (Å²) >= 11 is 1.28. The van der Waals surface area contributed by atoms with Crippen molar-refractivity contribution >= 4 is 17.5 Å². The molecular weight excluding hydrogens is 332 g/mol. The third-order valence-corrected chi connectivity index (χ3v) is 5.08. The Hall–Kier alpha value is -2.40. The van der Waals surface area contributed by atoms with E-state index in [-0.39, 0.29) is 11.0 Å². The van der Waals surface area contributed by atoms with Crippen LogP contribution in [-0.4, -0.2) is 21.2 Å². The van der Waals surface area contributed by atoms with E-state index in [1.165, 1.54) is 22.9 Å². The molecule has 0 saturated carbocycles. The van der Waals surface area contributed by atoms with Crippen LogP contribution in [0.25, 0.3) is 11.5 Å². The van der Waals surface area contributed by atoms with Crippen LogP contribution in [0.2, 0.25) is 0 Å².